The summed E-state index contributed by atoms with van der Waals surface area (Å²) < 4.78 is 0. The Kier molecular flexibility index (Phi) is 6.79. The molecule has 0 aliphatic carbocycles. The molecule has 1 atom stereocenters. The molecule has 0 radical (unpaired) electrons. The van der Waals surface area contributed by atoms with Crippen molar-refractivity contribution < 1.29 is 14.4 Å². The number of carbonyl (C=O) groups excluding carboxylic acids is 3. The number of halogens is 1. The smallest absolute Gasteiger partial charge is 0.322 e. The summed E-state index contributed by atoms with van der Waals surface area (Å²) in [4.78, 5) is 43.2. The summed E-state index contributed by atoms with van der Waals surface area (Å²) in [5.41, 5.74) is 1.83. The van der Waals surface area contributed by atoms with Crippen LogP contribution in [-0.2, 0) is 9.59 Å². The Morgan fingerprint density at radius 3 is 2.67 bits per heavy atom. The Labute approximate surface area is 181 Å². The average molecular weight is 432 g/mol. The van der Waals surface area contributed by atoms with Crippen LogP contribution in [0.4, 0.5) is 4.79 Å². The van der Waals surface area contributed by atoms with Crippen molar-refractivity contribution in [2.75, 3.05) is 46.8 Å². The van der Waals surface area contributed by atoms with Crippen LogP contribution in [0.2, 0.25) is 5.02 Å². The highest BCUT2D eigenvalue weighted by Crippen LogP contribution is 2.36. The lowest BCUT2D eigenvalue weighted by atomic mass is 9.95. The average Bonchev–Trinajstić information content (AvgIpc) is 3.00. The fourth-order valence-electron chi connectivity index (χ4n) is 3.55. The monoisotopic (exact) mass is 431 g/mol. The molecule has 0 fully saturated rings. The molecule has 1 aromatic carbocycles. The lowest BCUT2D eigenvalue weighted by Gasteiger charge is -2.33. The van der Waals surface area contributed by atoms with E-state index in [1.807, 2.05) is 19.0 Å². The van der Waals surface area contributed by atoms with Crippen molar-refractivity contribution in [2.24, 2.45) is 0 Å². The molecule has 1 aromatic rings. The van der Waals surface area contributed by atoms with Crippen LogP contribution in [0.15, 0.2) is 48.2 Å². The van der Waals surface area contributed by atoms with Crippen molar-refractivity contribution in [3.63, 3.8) is 0 Å². The lowest BCUT2D eigenvalue weighted by molar-refractivity contribution is -0.131. The topological polar surface area (TPSA) is 85.0 Å². The Hall–Kier alpha value is -2.84. The number of likely N-dealkylation sites (N-methyl/N-ethyl adjacent to an activating group) is 1. The van der Waals surface area contributed by atoms with Gasteiger partial charge in [-0.15, -0.1) is 6.58 Å². The maximum atomic E-state index is 13.2. The molecule has 2 aliphatic heterocycles. The zero-order valence-electron chi connectivity index (χ0n) is 17.2. The number of amides is 4. The molecule has 0 bridgehead atoms. The largest absolute Gasteiger partial charge is 0.353 e. The molecule has 0 unspecified atom stereocenters. The van der Waals surface area contributed by atoms with Crippen LogP contribution in [0.1, 0.15) is 11.6 Å². The Morgan fingerprint density at radius 1 is 1.33 bits per heavy atom. The van der Waals surface area contributed by atoms with Gasteiger partial charge in [0.05, 0.1) is 23.9 Å². The minimum atomic E-state index is -0.597. The molecule has 160 valence electrons. The van der Waals surface area contributed by atoms with Gasteiger partial charge < -0.3 is 20.4 Å². The second kappa shape index (κ2) is 9.32. The Bertz CT molecular complexity index is 881. The summed E-state index contributed by atoms with van der Waals surface area (Å²) in [6, 6.07) is 6.10. The first-order valence-corrected chi connectivity index (χ1v) is 10.1. The number of benzene rings is 1. The molecule has 2 aliphatic rings. The minimum absolute atomic E-state index is 0.0667. The highest BCUT2D eigenvalue weighted by molar-refractivity contribution is 6.30. The van der Waals surface area contributed by atoms with Crippen LogP contribution in [-0.4, -0.2) is 79.4 Å². The van der Waals surface area contributed by atoms with Crippen LogP contribution in [0.5, 0.6) is 0 Å². The van der Waals surface area contributed by atoms with Crippen molar-refractivity contribution >= 4 is 29.4 Å². The summed E-state index contributed by atoms with van der Waals surface area (Å²) in [6.07, 6.45) is 1.61. The molecular formula is C21H26ClN5O3. The van der Waals surface area contributed by atoms with Gasteiger partial charge in [-0.3, -0.25) is 14.5 Å². The maximum absolute atomic E-state index is 13.2. The van der Waals surface area contributed by atoms with Crippen LogP contribution in [0.3, 0.4) is 0 Å². The number of nitrogens with one attached hydrogen (secondary N) is 2. The van der Waals surface area contributed by atoms with E-state index in [2.05, 4.69) is 17.2 Å². The summed E-state index contributed by atoms with van der Waals surface area (Å²) in [5.74, 6) is -0.496. The standard InChI is InChI=1S/C21H26ClN5O3/c1-4-10-27-16-12-26(13-17(28)23-9-11-25(2)3)20(29)18(16)19(24-21(27)30)14-5-7-15(22)8-6-14/h4-8,19H,1,9-13H2,2-3H3,(H,23,28)(H,24,30)/t19-/m0/s1. The van der Waals surface area contributed by atoms with Crippen LogP contribution in [0, 0.1) is 0 Å². The fraction of sp³-hybridized carbons (Fsp3) is 0.381. The first-order chi connectivity index (χ1) is 14.3. The molecule has 2 N–H and O–H groups in total. The molecule has 0 saturated carbocycles. The Balaban J connectivity index is 1.82. The predicted octanol–water partition coefficient (Wildman–Crippen LogP) is 1.37. The normalized spacial score (nSPS) is 18.6. The van der Waals surface area contributed by atoms with E-state index < -0.39 is 6.04 Å². The second-order valence-corrected chi connectivity index (χ2v) is 7.94. The predicted molar refractivity (Wildman–Crippen MR) is 115 cm³/mol. The van der Waals surface area contributed by atoms with Gasteiger partial charge in [0.2, 0.25) is 5.91 Å². The zero-order valence-corrected chi connectivity index (χ0v) is 17.9. The fourth-order valence-corrected chi connectivity index (χ4v) is 3.68. The highest BCUT2D eigenvalue weighted by Gasteiger charge is 2.44. The Morgan fingerprint density at radius 2 is 2.03 bits per heavy atom. The first kappa shape index (κ1) is 21.9. The molecule has 9 heteroatoms. The third kappa shape index (κ3) is 4.66. The van der Waals surface area contributed by atoms with Gasteiger partial charge in [-0.05, 0) is 31.8 Å². The van der Waals surface area contributed by atoms with Crippen LogP contribution < -0.4 is 10.6 Å². The van der Waals surface area contributed by atoms with Gasteiger partial charge in [0, 0.05) is 24.7 Å². The molecule has 0 spiro atoms. The number of urea groups is 1. The molecule has 8 nitrogen and oxygen atoms in total. The summed E-state index contributed by atoms with van der Waals surface area (Å²) in [5, 5.41) is 6.28. The number of nitrogens with zero attached hydrogens (tertiary/aromatic N) is 3. The highest BCUT2D eigenvalue weighted by atomic mass is 35.5. The van der Waals surface area contributed by atoms with Crippen molar-refractivity contribution in [3.8, 4) is 0 Å². The maximum Gasteiger partial charge on any atom is 0.322 e. The van der Waals surface area contributed by atoms with Crippen LogP contribution >= 0.6 is 11.6 Å². The molecule has 0 aromatic heterocycles. The van der Waals surface area contributed by atoms with E-state index in [4.69, 9.17) is 11.6 Å². The zero-order chi connectivity index (χ0) is 21.8. The van der Waals surface area contributed by atoms with Crippen molar-refractivity contribution in [1.82, 2.24) is 25.3 Å². The first-order valence-electron chi connectivity index (χ1n) is 9.70. The molecule has 2 heterocycles. The van der Waals surface area contributed by atoms with Gasteiger partial charge in [0.1, 0.15) is 6.54 Å². The second-order valence-electron chi connectivity index (χ2n) is 7.51. The number of hydrogen-bond acceptors (Lipinski definition) is 4. The van der Waals surface area contributed by atoms with Gasteiger partial charge in [-0.2, -0.15) is 0 Å². The van der Waals surface area contributed by atoms with Gasteiger partial charge in [-0.1, -0.05) is 29.8 Å². The number of hydrogen-bond donors (Lipinski definition) is 2. The van der Waals surface area contributed by atoms with E-state index in [0.717, 1.165) is 5.56 Å². The van der Waals surface area contributed by atoms with Gasteiger partial charge in [0.15, 0.2) is 0 Å². The van der Waals surface area contributed by atoms with E-state index in [-0.39, 0.29) is 37.5 Å². The summed E-state index contributed by atoms with van der Waals surface area (Å²) >= 11 is 5.98. The van der Waals surface area contributed by atoms with E-state index in [1.165, 1.54) is 9.80 Å². The van der Waals surface area contributed by atoms with Gasteiger partial charge in [0.25, 0.3) is 5.91 Å². The van der Waals surface area contributed by atoms with E-state index in [0.29, 0.717) is 29.4 Å². The van der Waals surface area contributed by atoms with Gasteiger partial charge in [-0.25, -0.2) is 4.79 Å². The van der Waals surface area contributed by atoms with E-state index in [9.17, 15) is 14.4 Å². The lowest BCUT2D eigenvalue weighted by Crippen LogP contribution is -2.47. The van der Waals surface area contributed by atoms with Gasteiger partial charge >= 0.3 is 6.03 Å². The molecule has 30 heavy (non-hydrogen) atoms. The van der Waals surface area contributed by atoms with E-state index in [1.54, 1.807) is 30.3 Å². The third-order valence-corrected chi connectivity index (χ3v) is 5.28. The molecule has 3 rings (SSSR count). The third-order valence-electron chi connectivity index (χ3n) is 5.03. The molecular weight excluding hydrogens is 406 g/mol. The van der Waals surface area contributed by atoms with Crippen molar-refractivity contribution in [1.29, 1.82) is 0 Å². The van der Waals surface area contributed by atoms with Crippen molar-refractivity contribution in [2.45, 2.75) is 6.04 Å². The van der Waals surface area contributed by atoms with Crippen LogP contribution in [0.25, 0.3) is 0 Å². The quantitative estimate of drug-likeness (QED) is 0.609. The minimum Gasteiger partial charge on any atom is -0.353 e. The number of carbonyl (C=O) groups is 3. The SMILES string of the molecule is C=CCN1C(=O)N[C@@H](c2ccc(Cl)cc2)C2=C1CN(CC(=O)NCCN(C)C)C2=O. The summed E-state index contributed by atoms with van der Waals surface area (Å²) in [6.45, 7) is 5.30. The van der Waals surface area contributed by atoms with E-state index >= 15 is 0 Å². The summed E-state index contributed by atoms with van der Waals surface area (Å²) in [7, 11) is 3.84. The van der Waals surface area contributed by atoms with Crippen molar-refractivity contribution in [3.05, 3.63) is 58.8 Å². The molecule has 4 amide bonds. The molecule has 0 saturated heterocycles. The number of rotatable bonds is 8.